The summed E-state index contributed by atoms with van der Waals surface area (Å²) >= 11 is 0.0178. The van der Waals surface area contributed by atoms with Gasteiger partial charge >= 0.3 is 97.7 Å². The molecule has 2 rings (SSSR count). The van der Waals surface area contributed by atoms with Crippen molar-refractivity contribution in [2.24, 2.45) is 0 Å². The second-order valence-electron chi connectivity index (χ2n) is 4.81. The molecule has 78 valence electrons. The van der Waals surface area contributed by atoms with Crippen molar-refractivity contribution in [3.63, 3.8) is 0 Å². The minimum atomic E-state index is -1.22. The molecule has 0 radical (unpaired) electrons. The summed E-state index contributed by atoms with van der Waals surface area (Å²) in [6.07, 6.45) is 0. The maximum absolute atomic E-state index is 11.8. The molecule has 0 amide bonds. The molecule has 1 aromatic carbocycles. The Bertz CT molecular complexity index is 443. The number of rotatable bonds is 1. The predicted octanol–water partition coefficient (Wildman–Crippen LogP) is 2.76. The van der Waals surface area contributed by atoms with Crippen molar-refractivity contribution in [2.45, 2.75) is 19.6 Å². The third-order valence-electron chi connectivity index (χ3n) is 2.18. The normalized spacial score (nSPS) is 18.3. The van der Waals surface area contributed by atoms with Gasteiger partial charge in [-0.3, -0.25) is 0 Å². The molecule has 15 heavy (non-hydrogen) atoms. The molecule has 1 heterocycles. The molecule has 1 nitrogen and oxygen atoms in total. The van der Waals surface area contributed by atoms with Gasteiger partial charge in [-0.1, -0.05) is 0 Å². The van der Waals surface area contributed by atoms with E-state index in [1.807, 2.05) is 18.2 Å². The van der Waals surface area contributed by atoms with Gasteiger partial charge < -0.3 is 0 Å². The summed E-state index contributed by atoms with van der Waals surface area (Å²) in [6, 6.07) is 7.99. The Morgan fingerprint density at radius 1 is 1.13 bits per heavy atom. The topological polar surface area (TPSA) is 17.1 Å². The van der Waals surface area contributed by atoms with Crippen LogP contribution in [0.15, 0.2) is 30.0 Å². The second kappa shape index (κ2) is 3.74. The zero-order chi connectivity index (χ0) is 11.1. The van der Waals surface area contributed by atoms with E-state index >= 15 is 0 Å². The Kier molecular flexibility index (Phi) is 2.71. The molecule has 1 aliphatic heterocycles. The summed E-state index contributed by atoms with van der Waals surface area (Å²) in [5.74, 6) is 0. The molecule has 1 aliphatic rings. The van der Waals surface area contributed by atoms with E-state index in [-0.39, 0.29) is 15.0 Å². The summed E-state index contributed by atoms with van der Waals surface area (Å²) in [6.45, 7) is 6.92. The van der Waals surface area contributed by atoms with Gasteiger partial charge in [0.1, 0.15) is 0 Å². The Hall–Kier alpha value is -0.634. The summed E-state index contributed by atoms with van der Waals surface area (Å²) < 4.78 is 1.64. The monoisotopic (exact) mass is 282 g/mol. The molecule has 3 heteroatoms. The van der Waals surface area contributed by atoms with Gasteiger partial charge in [-0.05, 0) is 0 Å². The first-order valence-electron chi connectivity index (χ1n) is 5.02. The summed E-state index contributed by atoms with van der Waals surface area (Å²) in [4.78, 5) is 11.8. The van der Waals surface area contributed by atoms with Crippen LogP contribution in [0, 0.1) is 0 Å². The van der Waals surface area contributed by atoms with E-state index in [2.05, 4.69) is 31.4 Å². The van der Waals surface area contributed by atoms with E-state index in [1.165, 1.54) is 10.0 Å². The van der Waals surface area contributed by atoms with Gasteiger partial charge in [-0.25, -0.2) is 0 Å². The van der Waals surface area contributed by atoms with Crippen molar-refractivity contribution in [2.75, 3.05) is 0 Å². The van der Waals surface area contributed by atoms with Crippen molar-refractivity contribution in [1.29, 1.82) is 0 Å². The van der Waals surface area contributed by atoms with Crippen LogP contribution in [0.2, 0.25) is 19.6 Å². The van der Waals surface area contributed by atoms with Gasteiger partial charge in [0, 0.05) is 0 Å². The van der Waals surface area contributed by atoms with Crippen LogP contribution in [0.5, 0.6) is 0 Å². The summed E-state index contributed by atoms with van der Waals surface area (Å²) in [5.41, 5.74) is 4.49. The molecular weight excluding hydrogens is 267 g/mol. The molecule has 0 atom stereocenters. The quantitative estimate of drug-likeness (QED) is 0.723. The first-order chi connectivity index (χ1) is 6.97. The third kappa shape index (κ3) is 2.31. The standard InChI is InChI=1S/C12H14OSeSi/c1-15(2,3)8-11-9-6-4-5-7-10(9)12(13)14-11/h4-8H,1-3H3/b11-8+. The number of hydrogen-bond acceptors (Lipinski definition) is 1. The first kappa shape index (κ1) is 10.9. The van der Waals surface area contributed by atoms with Crippen LogP contribution in [-0.4, -0.2) is 27.7 Å². The van der Waals surface area contributed by atoms with E-state index in [0.29, 0.717) is 4.68 Å². The van der Waals surface area contributed by atoms with Crippen LogP contribution < -0.4 is 0 Å². The minimum absolute atomic E-state index is 0.0178. The van der Waals surface area contributed by atoms with E-state index in [1.54, 1.807) is 0 Å². The van der Waals surface area contributed by atoms with E-state index in [9.17, 15) is 4.79 Å². The molecule has 0 spiro atoms. The Morgan fingerprint density at radius 2 is 1.73 bits per heavy atom. The van der Waals surface area contributed by atoms with Gasteiger partial charge in [-0.15, -0.1) is 0 Å². The average Bonchev–Trinajstić information content (AvgIpc) is 2.42. The van der Waals surface area contributed by atoms with E-state index in [0.717, 1.165) is 5.56 Å². The summed E-state index contributed by atoms with van der Waals surface area (Å²) in [7, 11) is -1.22. The van der Waals surface area contributed by atoms with Crippen LogP contribution in [-0.2, 0) is 0 Å². The van der Waals surface area contributed by atoms with Crippen molar-refractivity contribution in [3.05, 3.63) is 41.1 Å². The molecule has 0 bridgehead atoms. The molecule has 0 aliphatic carbocycles. The molecule has 0 saturated heterocycles. The molecule has 0 N–H and O–H groups in total. The number of carbonyl (C=O) groups is 1. The number of fused-ring (bicyclic) bond motifs is 1. The van der Waals surface area contributed by atoms with Gasteiger partial charge in [0.05, 0.1) is 0 Å². The van der Waals surface area contributed by atoms with Crippen LogP contribution in [0.3, 0.4) is 0 Å². The van der Waals surface area contributed by atoms with Crippen molar-refractivity contribution < 1.29 is 4.79 Å². The van der Waals surface area contributed by atoms with E-state index < -0.39 is 8.07 Å². The number of hydrogen-bond donors (Lipinski definition) is 0. The zero-order valence-corrected chi connectivity index (χ0v) is 11.9. The van der Waals surface area contributed by atoms with Gasteiger partial charge in [-0.2, -0.15) is 0 Å². The maximum atomic E-state index is 11.8. The Morgan fingerprint density at radius 3 is 2.33 bits per heavy atom. The average molecular weight is 281 g/mol. The molecule has 0 unspecified atom stereocenters. The van der Waals surface area contributed by atoms with Crippen molar-refractivity contribution >= 4 is 32.2 Å². The van der Waals surface area contributed by atoms with Crippen LogP contribution in [0.1, 0.15) is 15.9 Å². The third-order valence-corrected chi connectivity index (χ3v) is 5.82. The summed E-state index contributed by atoms with van der Waals surface area (Å²) in [5, 5.41) is 0. The molecule has 1 aromatic rings. The number of carbonyl (C=O) groups excluding carboxylic acids is 1. The van der Waals surface area contributed by atoms with E-state index in [4.69, 9.17) is 0 Å². The molecular formula is C12H14OSeSi. The van der Waals surface area contributed by atoms with Crippen LogP contribution in [0.25, 0.3) is 4.47 Å². The Labute approximate surface area is 97.7 Å². The predicted molar refractivity (Wildman–Crippen MR) is 67.8 cm³/mol. The van der Waals surface area contributed by atoms with Gasteiger partial charge in [0.2, 0.25) is 0 Å². The van der Waals surface area contributed by atoms with Gasteiger partial charge in [0.15, 0.2) is 0 Å². The van der Waals surface area contributed by atoms with Gasteiger partial charge in [0.25, 0.3) is 0 Å². The fourth-order valence-electron chi connectivity index (χ4n) is 1.59. The second-order valence-corrected chi connectivity index (χ2v) is 12.0. The van der Waals surface area contributed by atoms with Crippen LogP contribution in [0.4, 0.5) is 0 Å². The van der Waals surface area contributed by atoms with Crippen LogP contribution >= 0.6 is 0 Å². The SMILES string of the molecule is C[Si](C)(C)/C=C1/[Se]C(=O)c2ccccc21. The fraction of sp³-hybridized carbons (Fsp3) is 0.250. The molecule has 0 aromatic heterocycles. The fourth-order valence-corrected chi connectivity index (χ4v) is 6.81. The zero-order valence-electron chi connectivity index (χ0n) is 9.20. The molecule has 0 fully saturated rings. The molecule has 0 saturated carbocycles. The van der Waals surface area contributed by atoms with Crippen molar-refractivity contribution in [1.82, 2.24) is 0 Å². The Balaban J connectivity index is 2.50. The number of benzene rings is 1. The first-order valence-corrected chi connectivity index (χ1v) is 10.3. The van der Waals surface area contributed by atoms with Crippen molar-refractivity contribution in [3.8, 4) is 0 Å².